The largest absolute Gasteiger partial charge is 0.489 e. The van der Waals surface area contributed by atoms with E-state index in [1.165, 1.54) is 0 Å². The highest BCUT2D eigenvalue weighted by atomic mass is 35.5. The first kappa shape index (κ1) is 10.6. The summed E-state index contributed by atoms with van der Waals surface area (Å²) in [6.07, 6.45) is 2.38. The highest BCUT2D eigenvalue weighted by molar-refractivity contribution is 6.32. The van der Waals surface area contributed by atoms with E-state index in [-0.39, 0.29) is 6.10 Å². The standard InChI is InChI=1S/C11H14ClNO2/c12-10-6-8(13)3-4-11(10)15-7-9-2-1-5-14-9/h3-4,6,9H,1-2,5,7,13H2. The van der Waals surface area contributed by atoms with E-state index >= 15 is 0 Å². The third kappa shape index (κ3) is 2.76. The molecule has 3 nitrogen and oxygen atoms in total. The van der Waals surface area contributed by atoms with Crippen LogP contribution in [0.15, 0.2) is 18.2 Å². The summed E-state index contributed by atoms with van der Waals surface area (Å²) in [5.41, 5.74) is 6.22. The molecule has 0 aliphatic carbocycles. The van der Waals surface area contributed by atoms with Gasteiger partial charge in [-0.15, -0.1) is 0 Å². The zero-order chi connectivity index (χ0) is 10.7. The molecular formula is C11H14ClNO2. The lowest BCUT2D eigenvalue weighted by atomic mass is 10.2. The Balaban J connectivity index is 1.92. The smallest absolute Gasteiger partial charge is 0.138 e. The monoisotopic (exact) mass is 227 g/mol. The number of hydrogen-bond acceptors (Lipinski definition) is 3. The summed E-state index contributed by atoms with van der Waals surface area (Å²) in [6.45, 7) is 1.40. The molecule has 4 heteroatoms. The maximum absolute atomic E-state index is 5.97. The fourth-order valence-electron chi connectivity index (χ4n) is 1.59. The van der Waals surface area contributed by atoms with Gasteiger partial charge in [-0.3, -0.25) is 0 Å². The van der Waals surface area contributed by atoms with Gasteiger partial charge >= 0.3 is 0 Å². The molecule has 1 aromatic carbocycles. The average Bonchev–Trinajstić information content (AvgIpc) is 2.69. The van der Waals surface area contributed by atoms with Crippen molar-refractivity contribution in [2.24, 2.45) is 0 Å². The molecule has 1 aliphatic heterocycles. The van der Waals surface area contributed by atoms with Gasteiger partial charge in [-0.25, -0.2) is 0 Å². The fraction of sp³-hybridized carbons (Fsp3) is 0.455. The van der Waals surface area contributed by atoms with Gasteiger partial charge in [0, 0.05) is 12.3 Å². The van der Waals surface area contributed by atoms with E-state index in [0.29, 0.717) is 23.1 Å². The molecular weight excluding hydrogens is 214 g/mol. The van der Waals surface area contributed by atoms with E-state index in [0.717, 1.165) is 19.4 Å². The van der Waals surface area contributed by atoms with E-state index < -0.39 is 0 Å². The van der Waals surface area contributed by atoms with Gasteiger partial charge in [0.05, 0.1) is 11.1 Å². The maximum Gasteiger partial charge on any atom is 0.138 e. The molecule has 1 unspecified atom stereocenters. The Morgan fingerprint density at radius 2 is 2.40 bits per heavy atom. The third-order valence-corrected chi connectivity index (χ3v) is 2.70. The van der Waals surface area contributed by atoms with Gasteiger partial charge in [-0.1, -0.05) is 11.6 Å². The number of nitrogens with two attached hydrogens (primary N) is 1. The first-order chi connectivity index (χ1) is 7.25. The molecule has 1 fully saturated rings. The molecule has 1 heterocycles. The van der Waals surface area contributed by atoms with Crippen LogP contribution in [0.5, 0.6) is 5.75 Å². The summed E-state index contributed by atoms with van der Waals surface area (Å²) in [7, 11) is 0. The molecule has 2 rings (SSSR count). The van der Waals surface area contributed by atoms with Crippen LogP contribution in [0, 0.1) is 0 Å². The second-order valence-corrected chi connectivity index (χ2v) is 4.04. The molecule has 0 bridgehead atoms. The molecule has 15 heavy (non-hydrogen) atoms. The number of ether oxygens (including phenoxy) is 2. The topological polar surface area (TPSA) is 44.5 Å². The van der Waals surface area contributed by atoms with Crippen LogP contribution in [0.3, 0.4) is 0 Å². The number of hydrogen-bond donors (Lipinski definition) is 1. The predicted octanol–water partition coefficient (Wildman–Crippen LogP) is 2.48. The van der Waals surface area contributed by atoms with E-state index in [4.69, 9.17) is 26.8 Å². The van der Waals surface area contributed by atoms with Crippen molar-refractivity contribution in [2.45, 2.75) is 18.9 Å². The van der Waals surface area contributed by atoms with Crippen molar-refractivity contribution < 1.29 is 9.47 Å². The molecule has 1 aliphatic rings. The summed E-state index contributed by atoms with van der Waals surface area (Å²) in [4.78, 5) is 0. The second kappa shape index (κ2) is 4.73. The molecule has 0 radical (unpaired) electrons. The van der Waals surface area contributed by atoms with Gasteiger partial charge in [0.2, 0.25) is 0 Å². The van der Waals surface area contributed by atoms with Crippen molar-refractivity contribution >= 4 is 17.3 Å². The minimum Gasteiger partial charge on any atom is -0.489 e. The van der Waals surface area contributed by atoms with Crippen LogP contribution < -0.4 is 10.5 Å². The van der Waals surface area contributed by atoms with Crippen LogP contribution in [0.2, 0.25) is 5.02 Å². The molecule has 0 spiro atoms. The van der Waals surface area contributed by atoms with Crippen molar-refractivity contribution in [1.82, 2.24) is 0 Å². The van der Waals surface area contributed by atoms with E-state index in [1.807, 2.05) is 0 Å². The van der Waals surface area contributed by atoms with Gasteiger partial charge in [-0.2, -0.15) is 0 Å². The number of rotatable bonds is 3. The van der Waals surface area contributed by atoms with Crippen LogP contribution in [0.25, 0.3) is 0 Å². The van der Waals surface area contributed by atoms with Gasteiger partial charge in [0.1, 0.15) is 12.4 Å². The third-order valence-electron chi connectivity index (χ3n) is 2.40. The Morgan fingerprint density at radius 3 is 3.07 bits per heavy atom. The zero-order valence-electron chi connectivity index (χ0n) is 8.41. The lowest BCUT2D eigenvalue weighted by molar-refractivity contribution is 0.0680. The Kier molecular flexibility index (Phi) is 3.34. The van der Waals surface area contributed by atoms with Crippen LogP contribution in [0.4, 0.5) is 5.69 Å². The molecule has 1 aromatic rings. The quantitative estimate of drug-likeness (QED) is 0.807. The van der Waals surface area contributed by atoms with Crippen LogP contribution in [0.1, 0.15) is 12.8 Å². The molecule has 0 saturated carbocycles. The van der Waals surface area contributed by atoms with Gasteiger partial charge < -0.3 is 15.2 Å². The highest BCUT2D eigenvalue weighted by Gasteiger charge is 2.16. The number of anilines is 1. The van der Waals surface area contributed by atoms with Crippen LogP contribution in [-0.4, -0.2) is 19.3 Å². The molecule has 82 valence electrons. The molecule has 2 N–H and O–H groups in total. The first-order valence-electron chi connectivity index (χ1n) is 5.05. The number of benzene rings is 1. The summed E-state index contributed by atoms with van der Waals surface area (Å²) in [5.74, 6) is 0.668. The Morgan fingerprint density at radius 1 is 1.53 bits per heavy atom. The van der Waals surface area contributed by atoms with Crippen molar-refractivity contribution in [3.8, 4) is 5.75 Å². The average molecular weight is 228 g/mol. The summed E-state index contributed by atoms with van der Waals surface area (Å²) in [6, 6.07) is 5.25. The second-order valence-electron chi connectivity index (χ2n) is 3.64. The number of nitrogen functional groups attached to an aromatic ring is 1. The Hall–Kier alpha value is -0.930. The Labute approximate surface area is 94.1 Å². The SMILES string of the molecule is Nc1ccc(OCC2CCCO2)c(Cl)c1. The summed E-state index contributed by atoms with van der Waals surface area (Å²) in [5, 5.41) is 0.549. The minimum atomic E-state index is 0.207. The van der Waals surface area contributed by atoms with Crippen molar-refractivity contribution in [1.29, 1.82) is 0 Å². The highest BCUT2D eigenvalue weighted by Crippen LogP contribution is 2.27. The lowest BCUT2D eigenvalue weighted by Crippen LogP contribution is -2.16. The zero-order valence-corrected chi connectivity index (χ0v) is 9.17. The maximum atomic E-state index is 5.97. The van der Waals surface area contributed by atoms with Gasteiger partial charge in [0.15, 0.2) is 0 Å². The minimum absolute atomic E-state index is 0.207. The lowest BCUT2D eigenvalue weighted by Gasteiger charge is -2.12. The summed E-state index contributed by atoms with van der Waals surface area (Å²) < 4.78 is 11.0. The molecule has 1 saturated heterocycles. The fourth-order valence-corrected chi connectivity index (χ4v) is 1.84. The number of halogens is 1. The molecule has 1 atom stereocenters. The van der Waals surface area contributed by atoms with E-state index in [2.05, 4.69) is 0 Å². The van der Waals surface area contributed by atoms with Crippen molar-refractivity contribution in [3.63, 3.8) is 0 Å². The van der Waals surface area contributed by atoms with E-state index in [9.17, 15) is 0 Å². The molecule has 0 amide bonds. The van der Waals surface area contributed by atoms with Gasteiger partial charge in [-0.05, 0) is 31.0 Å². The Bertz CT molecular complexity index is 337. The normalized spacial score (nSPS) is 20.5. The molecule has 0 aromatic heterocycles. The van der Waals surface area contributed by atoms with Crippen LogP contribution in [-0.2, 0) is 4.74 Å². The van der Waals surface area contributed by atoms with Crippen LogP contribution >= 0.6 is 11.6 Å². The predicted molar refractivity (Wildman–Crippen MR) is 60.3 cm³/mol. The van der Waals surface area contributed by atoms with Crippen molar-refractivity contribution in [2.75, 3.05) is 18.9 Å². The van der Waals surface area contributed by atoms with E-state index in [1.54, 1.807) is 18.2 Å². The van der Waals surface area contributed by atoms with Gasteiger partial charge in [0.25, 0.3) is 0 Å². The first-order valence-corrected chi connectivity index (χ1v) is 5.43. The summed E-state index contributed by atoms with van der Waals surface area (Å²) >= 11 is 5.97. The van der Waals surface area contributed by atoms with Crippen molar-refractivity contribution in [3.05, 3.63) is 23.2 Å².